The molecular weight excluding hydrogens is 284 g/mol. The summed E-state index contributed by atoms with van der Waals surface area (Å²) in [5.41, 5.74) is 0.897. The number of piperidine rings is 1. The van der Waals surface area contributed by atoms with Crippen LogP contribution in [0.2, 0.25) is 0 Å². The molecule has 1 fully saturated rings. The predicted molar refractivity (Wildman–Crippen MR) is 84.9 cm³/mol. The number of nitro benzene ring substituents is 1. The summed E-state index contributed by atoms with van der Waals surface area (Å²) in [6, 6.07) is 6.53. The fraction of sp³-hybridized carbons (Fsp3) is 0.533. The lowest BCUT2D eigenvalue weighted by Gasteiger charge is -2.23. The lowest BCUT2D eigenvalue weighted by atomic mass is 10.1. The highest BCUT2D eigenvalue weighted by molar-refractivity contribution is 5.76. The molecule has 1 aromatic carbocycles. The highest BCUT2D eigenvalue weighted by atomic mass is 16.6. The maximum Gasteiger partial charge on any atom is 0.269 e. The third-order valence-corrected chi connectivity index (χ3v) is 3.65. The first-order chi connectivity index (χ1) is 10.6. The molecule has 0 saturated carbocycles. The Labute approximate surface area is 129 Å². The number of nitrogens with one attached hydrogen (secondary N) is 3. The van der Waals surface area contributed by atoms with E-state index in [9.17, 15) is 14.9 Å². The van der Waals surface area contributed by atoms with Crippen LogP contribution in [-0.2, 0) is 4.79 Å². The Morgan fingerprint density at radius 1 is 1.36 bits per heavy atom. The summed E-state index contributed by atoms with van der Waals surface area (Å²) < 4.78 is 0. The fourth-order valence-corrected chi connectivity index (χ4v) is 2.46. The fourth-order valence-electron chi connectivity index (χ4n) is 2.46. The van der Waals surface area contributed by atoms with Gasteiger partial charge in [0, 0.05) is 43.4 Å². The van der Waals surface area contributed by atoms with Gasteiger partial charge in [-0.15, -0.1) is 0 Å². The average Bonchev–Trinajstić information content (AvgIpc) is 2.53. The number of nitrogens with zero attached hydrogens (tertiary/aromatic N) is 1. The lowest BCUT2D eigenvalue weighted by Crippen LogP contribution is -2.45. The van der Waals surface area contributed by atoms with Crippen molar-refractivity contribution in [3.63, 3.8) is 0 Å². The van der Waals surface area contributed by atoms with Gasteiger partial charge in [0.15, 0.2) is 0 Å². The van der Waals surface area contributed by atoms with E-state index >= 15 is 0 Å². The van der Waals surface area contributed by atoms with E-state index in [0.717, 1.165) is 38.0 Å². The topological polar surface area (TPSA) is 96.3 Å². The summed E-state index contributed by atoms with van der Waals surface area (Å²) in [5, 5.41) is 20.0. The van der Waals surface area contributed by atoms with Crippen LogP contribution in [-0.4, -0.2) is 36.5 Å². The summed E-state index contributed by atoms with van der Waals surface area (Å²) in [7, 11) is 0. The molecule has 7 heteroatoms. The number of hydrogen-bond donors (Lipinski definition) is 3. The average molecular weight is 306 g/mol. The molecule has 2 rings (SSSR count). The zero-order valence-electron chi connectivity index (χ0n) is 12.5. The first-order valence-electron chi connectivity index (χ1n) is 7.63. The van der Waals surface area contributed by atoms with Gasteiger partial charge in [0.1, 0.15) is 0 Å². The van der Waals surface area contributed by atoms with Gasteiger partial charge in [-0.05, 0) is 37.9 Å². The zero-order valence-corrected chi connectivity index (χ0v) is 12.5. The molecule has 0 radical (unpaired) electrons. The standard InChI is InChI=1S/C15H22N4O3/c20-15(18-13-3-1-9-16-11-13)4-2-10-17-12-5-7-14(8-6-12)19(21)22/h5-8,13,16-17H,1-4,9-11H2,(H,18,20). The normalized spacial score (nSPS) is 17.7. The van der Waals surface area contributed by atoms with Gasteiger partial charge in [-0.25, -0.2) is 0 Å². The monoisotopic (exact) mass is 306 g/mol. The van der Waals surface area contributed by atoms with Crippen LogP contribution in [0.15, 0.2) is 24.3 Å². The minimum atomic E-state index is -0.422. The van der Waals surface area contributed by atoms with E-state index in [-0.39, 0.29) is 17.6 Å². The van der Waals surface area contributed by atoms with Crippen molar-refractivity contribution in [2.45, 2.75) is 31.7 Å². The van der Waals surface area contributed by atoms with Crippen LogP contribution in [0.1, 0.15) is 25.7 Å². The van der Waals surface area contributed by atoms with Crippen molar-refractivity contribution in [1.82, 2.24) is 10.6 Å². The Hall–Kier alpha value is -2.15. The second-order valence-corrected chi connectivity index (χ2v) is 5.45. The molecule has 1 amide bonds. The molecule has 0 aliphatic carbocycles. The maximum absolute atomic E-state index is 11.8. The van der Waals surface area contributed by atoms with E-state index in [1.807, 2.05) is 0 Å². The summed E-state index contributed by atoms with van der Waals surface area (Å²) >= 11 is 0. The van der Waals surface area contributed by atoms with Crippen LogP contribution < -0.4 is 16.0 Å². The molecule has 0 aromatic heterocycles. The molecular formula is C15H22N4O3. The smallest absolute Gasteiger partial charge is 0.269 e. The number of hydrogen-bond acceptors (Lipinski definition) is 5. The molecule has 7 nitrogen and oxygen atoms in total. The maximum atomic E-state index is 11.8. The third kappa shape index (κ3) is 5.33. The Morgan fingerprint density at radius 3 is 2.77 bits per heavy atom. The predicted octanol–water partition coefficient (Wildman–Crippen LogP) is 1.66. The first-order valence-corrected chi connectivity index (χ1v) is 7.63. The first kappa shape index (κ1) is 16.2. The van der Waals surface area contributed by atoms with E-state index in [1.54, 1.807) is 12.1 Å². The number of carbonyl (C=O) groups excluding carboxylic acids is 1. The minimum Gasteiger partial charge on any atom is -0.385 e. The number of benzene rings is 1. The van der Waals surface area contributed by atoms with Crippen molar-refractivity contribution in [1.29, 1.82) is 0 Å². The Morgan fingerprint density at radius 2 is 2.14 bits per heavy atom. The third-order valence-electron chi connectivity index (χ3n) is 3.65. The lowest BCUT2D eigenvalue weighted by molar-refractivity contribution is -0.384. The molecule has 1 aromatic rings. The van der Waals surface area contributed by atoms with E-state index < -0.39 is 4.92 Å². The summed E-state index contributed by atoms with van der Waals surface area (Å²) in [6.45, 7) is 2.55. The highest BCUT2D eigenvalue weighted by Gasteiger charge is 2.14. The van der Waals surface area contributed by atoms with Crippen molar-refractivity contribution >= 4 is 17.3 Å². The number of carbonyl (C=O) groups is 1. The molecule has 22 heavy (non-hydrogen) atoms. The number of anilines is 1. The highest BCUT2D eigenvalue weighted by Crippen LogP contribution is 2.15. The minimum absolute atomic E-state index is 0.0750. The molecule has 0 bridgehead atoms. The van der Waals surface area contributed by atoms with Crippen molar-refractivity contribution in [3.8, 4) is 0 Å². The van der Waals surface area contributed by atoms with Gasteiger partial charge >= 0.3 is 0 Å². The molecule has 120 valence electrons. The zero-order chi connectivity index (χ0) is 15.8. The van der Waals surface area contributed by atoms with E-state index in [1.165, 1.54) is 12.1 Å². The van der Waals surface area contributed by atoms with E-state index in [2.05, 4.69) is 16.0 Å². The van der Waals surface area contributed by atoms with Crippen LogP contribution in [0.4, 0.5) is 11.4 Å². The molecule has 1 unspecified atom stereocenters. The molecule has 3 N–H and O–H groups in total. The molecule has 0 spiro atoms. The number of nitro groups is 1. The molecule has 1 aliphatic heterocycles. The van der Waals surface area contributed by atoms with Crippen LogP contribution >= 0.6 is 0 Å². The largest absolute Gasteiger partial charge is 0.385 e. The Kier molecular flexibility index (Phi) is 6.14. The van der Waals surface area contributed by atoms with Gasteiger partial charge in [-0.2, -0.15) is 0 Å². The van der Waals surface area contributed by atoms with Gasteiger partial charge in [0.2, 0.25) is 5.91 Å². The summed E-state index contributed by atoms with van der Waals surface area (Å²) in [5.74, 6) is 0.0826. The van der Waals surface area contributed by atoms with Crippen molar-refractivity contribution in [3.05, 3.63) is 34.4 Å². The summed E-state index contributed by atoms with van der Waals surface area (Å²) in [6.07, 6.45) is 3.35. The molecule has 1 heterocycles. The second-order valence-electron chi connectivity index (χ2n) is 5.45. The van der Waals surface area contributed by atoms with Gasteiger partial charge < -0.3 is 16.0 Å². The van der Waals surface area contributed by atoms with Crippen molar-refractivity contribution < 1.29 is 9.72 Å². The Balaban J connectivity index is 1.61. The van der Waals surface area contributed by atoms with Gasteiger partial charge in [-0.3, -0.25) is 14.9 Å². The number of amides is 1. The van der Waals surface area contributed by atoms with E-state index in [0.29, 0.717) is 13.0 Å². The number of non-ortho nitro benzene ring substituents is 1. The second kappa shape index (κ2) is 8.33. The van der Waals surface area contributed by atoms with Gasteiger partial charge in [0.05, 0.1) is 4.92 Å². The molecule has 1 atom stereocenters. The molecule has 1 saturated heterocycles. The summed E-state index contributed by atoms with van der Waals surface area (Å²) in [4.78, 5) is 21.9. The van der Waals surface area contributed by atoms with E-state index in [4.69, 9.17) is 0 Å². The van der Waals surface area contributed by atoms with Crippen LogP contribution in [0.25, 0.3) is 0 Å². The number of rotatable bonds is 7. The van der Waals surface area contributed by atoms with Crippen LogP contribution in [0, 0.1) is 10.1 Å². The van der Waals surface area contributed by atoms with Gasteiger partial charge in [-0.1, -0.05) is 0 Å². The molecule has 1 aliphatic rings. The van der Waals surface area contributed by atoms with Crippen LogP contribution in [0.3, 0.4) is 0 Å². The SMILES string of the molecule is O=C(CCCNc1ccc([N+](=O)[O-])cc1)NC1CCCNC1. The quantitative estimate of drug-likeness (QED) is 0.404. The van der Waals surface area contributed by atoms with Crippen LogP contribution in [0.5, 0.6) is 0 Å². The Bertz CT molecular complexity index is 498. The van der Waals surface area contributed by atoms with Gasteiger partial charge in [0.25, 0.3) is 5.69 Å². The van der Waals surface area contributed by atoms with Crippen molar-refractivity contribution in [2.75, 3.05) is 25.0 Å². The van der Waals surface area contributed by atoms with Crippen molar-refractivity contribution in [2.24, 2.45) is 0 Å².